The minimum atomic E-state index is -1.78. The molecule has 4 aromatic rings. The molecule has 0 unspecified atom stereocenters. The summed E-state index contributed by atoms with van der Waals surface area (Å²) in [5, 5.41) is 0. The van der Waals surface area contributed by atoms with Crippen molar-refractivity contribution in [3.63, 3.8) is 0 Å². The molecule has 2 aromatic heterocycles. The van der Waals surface area contributed by atoms with Gasteiger partial charge in [0.15, 0.2) is 0 Å². The monoisotopic (exact) mass is 846 g/mol. The van der Waals surface area contributed by atoms with Crippen molar-refractivity contribution in [2.24, 2.45) is 4.99 Å². The zero-order valence-electron chi connectivity index (χ0n) is 31.7. The fourth-order valence-electron chi connectivity index (χ4n) is 7.81. The maximum atomic E-state index is 5.49. The Morgan fingerprint density at radius 2 is 0.827 bits per heavy atom. The average molecular weight is 847 g/mol. The Morgan fingerprint density at radius 3 is 1.10 bits per heavy atom. The number of aromatic nitrogens is 2. The van der Waals surface area contributed by atoms with E-state index in [1.165, 1.54) is 39.2 Å². The van der Waals surface area contributed by atoms with Crippen LogP contribution in [0.2, 0.25) is 0 Å². The number of hydrogen-bond donors (Lipinski definition) is 0. The van der Waals surface area contributed by atoms with Crippen LogP contribution in [0.1, 0.15) is 117 Å². The summed E-state index contributed by atoms with van der Waals surface area (Å²) in [7, 11) is 10.9. The van der Waals surface area contributed by atoms with E-state index in [9.17, 15) is 0 Å². The molecule has 0 radical (unpaired) electrons. The third-order valence-corrected chi connectivity index (χ3v) is 16.0. The van der Waals surface area contributed by atoms with Crippen LogP contribution >= 0.6 is 27.3 Å². The second-order valence-electron chi connectivity index (χ2n) is 15.3. The first kappa shape index (κ1) is 42.7. The number of halogens is 2. The topological polar surface area (TPSA) is 38.1 Å². The molecule has 0 N–H and O–H groups in total. The maximum Gasteiger partial charge on any atom is 0.0273 e. The van der Waals surface area contributed by atoms with Crippen molar-refractivity contribution in [2.75, 3.05) is 0 Å². The van der Waals surface area contributed by atoms with E-state index in [2.05, 4.69) is 43.6 Å². The number of pyridine rings is 2. The van der Waals surface area contributed by atoms with E-state index in [-0.39, 0.29) is 13.5 Å². The van der Waals surface area contributed by atoms with Gasteiger partial charge >= 0.3 is 68.6 Å². The Kier molecular flexibility index (Phi) is 20.0. The second kappa shape index (κ2) is 24.4. The smallest absolute Gasteiger partial charge is 0.0273 e. The van der Waals surface area contributed by atoms with Gasteiger partial charge in [0.25, 0.3) is 0 Å². The fraction of sp³-hybridized carbons (Fsp3) is 0.489. The van der Waals surface area contributed by atoms with Gasteiger partial charge in [0.1, 0.15) is 0 Å². The molecule has 3 saturated carbocycles. The van der Waals surface area contributed by atoms with Gasteiger partial charge in [0.2, 0.25) is 0 Å². The van der Waals surface area contributed by atoms with Gasteiger partial charge < -0.3 is 0 Å². The summed E-state index contributed by atoms with van der Waals surface area (Å²) in [6.45, 7) is 5.93. The van der Waals surface area contributed by atoms with Crippen molar-refractivity contribution in [3.8, 4) is 22.3 Å². The van der Waals surface area contributed by atoms with Crippen molar-refractivity contribution in [1.29, 1.82) is 0 Å². The Morgan fingerprint density at radius 1 is 0.519 bits per heavy atom. The third kappa shape index (κ3) is 16.5. The van der Waals surface area contributed by atoms with Gasteiger partial charge in [-0.2, -0.15) is 0 Å². The average Bonchev–Trinajstić information content (AvgIpc) is 3.20. The molecule has 7 heteroatoms. The van der Waals surface area contributed by atoms with Gasteiger partial charge in [0, 0.05) is 32.7 Å². The molecule has 0 atom stereocenters. The first-order valence-electron chi connectivity index (χ1n) is 19.5. The first-order valence-corrected chi connectivity index (χ1v) is 26.6. The Labute approximate surface area is 329 Å². The van der Waals surface area contributed by atoms with E-state index < -0.39 is 13.5 Å². The van der Waals surface area contributed by atoms with Gasteiger partial charge in [-0.3, -0.25) is 9.97 Å². The summed E-state index contributed by atoms with van der Waals surface area (Å²) in [4.78, 5) is 11.9. The quantitative estimate of drug-likeness (QED) is 0.114. The summed E-state index contributed by atoms with van der Waals surface area (Å²) < 4.78 is 2.68. The van der Waals surface area contributed by atoms with Crippen LogP contribution in [-0.2, 0) is 13.5 Å². The van der Waals surface area contributed by atoms with Crippen molar-refractivity contribution >= 4 is 31.7 Å². The number of rotatable bonds is 5. The van der Waals surface area contributed by atoms with Gasteiger partial charge in [-0.15, -0.1) is 0 Å². The van der Waals surface area contributed by atoms with Crippen molar-refractivity contribution < 1.29 is 13.5 Å². The maximum absolute atomic E-state index is 5.49. The summed E-state index contributed by atoms with van der Waals surface area (Å²) in [6, 6.07) is 28.6. The van der Waals surface area contributed by atoms with Crippen LogP contribution in [0, 0.1) is 0 Å². The predicted octanol–water partition coefficient (Wildman–Crippen LogP) is 14.3. The van der Waals surface area contributed by atoms with Crippen LogP contribution < -0.4 is 0 Å². The SMILES string of the molecule is C1CCC([PH+](C2CCCCC2)C2CCCCC2)CC1.CC(C)(C)N=[C]=[Ru]([Cl])[Cl].c1ccc(-c2ccncc2)cc1.c1ccc(-c2ccncc2)cc1. The largest absolute Gasteiger partial charge is 0.265 e. The van der Waals surface area contributed by atoms with Crippen LogP contribution in [-0.4, -0.2) is 36.9 Å². The summed E-state index contributed by atoms with van der Waals surface area (Å²) in [6.07, 6.45) is 31.0. The standard InChI is InChI=1S/C18H33P.2C11H9N.C5H9N.2ClH.Ru/c1-4-10-16(11-5-1)19(17-12-6-2-7-13-17)18-14-8-3-9-15-18;2*1-2-4-10(5-3-1)11-6-8-12-9-7-11;1-5(2,3)6-4;;;/h16-18H,1-15H2;2*1-9H;1-3H3;2*1H;/q;;;;;;+2/p-1. The Balaban J connectivity index is 0.000000162. The van der Waals surface area contributed by atoms with Gasteiger partial charge in [-0.25, -0.2) is 0 Å². The molecule has 3 aliphatic carbocycles. The zero-order valence-corrected chi connectivity index (χ0v) is 35.9. The molecule has 0 bridgehead atoms. The molecular weight excluding hydrogens is 785 g/mol. The van der Waals surface area contributed by atoms with Crippen molar-refractivity contribution in [1.82, 2.24) is 9.97 Å². The van der Waals surface area contributed by atoms with Crippen LogP contribution in [0.3, 0.4) is 0 Å². The van der Waals surface area contributed by atoms with Crippen LogP contribution in [0.15, 0.2) is 115 Å². The van der Waals surface area contributed by atoms with E-state index in [0.29, 0.717) is 0 Å². The number of aliphatic imine (C=N–C) groups is 1. The first-order chi connectivity index (χ1) is 25.3. The Bertz CT molecular complexity index is 1360. The molecule has 52 heavy (non-hydrogen) atoms. The normalized spacial score (nSPS) is 17.2. The molecule has 2 heterocycles. The molecule has 3 nitrogen and oxygen atoms in total. The fourth-order valence-corrected chi connectivity index (χ4v) is 14.1. The van der Waals surface area contributed by atoms with Crippen LogP contribution in [0.4, 0.5) is 0 Å². The van der Waals surface area contributed by atoms with E-state index in [1.54, 1.807) is 96.3 Å². The molecule has 282 valence electrons. The molecule has 7 rings (SSSR count). The number of benzene rings is 2. The molecular formula is C45H61Cl2N3PRu+. The molecule has 3 fully saturated rings. The predicted molar refractivity (Wildman–Crippen MR) is 227 cm³/mol. The van der Waals surface area contributed by atoms with E-state index in [1.807, 2.05) is 106 Å². The second-order valence-corrected chi connectivity index (χ2v) is 24.0. The minimum Gasteiger partial charge on any atom is -0.265 e. The molecule has 0 aliphatic heterocycles. The Hall–Kier alpha value is -2.05. The van der Waals surface area contributed by atoms with Crippen molar-refractivity contribution in [3.05, 3.63) is 110 Å². The van der Waals surface area contributed by atoms with E-state index in [0.717, 1.165) is 0 Å². The summed E-state index contributed by atoms with van der Waals surface area (Å²) in [5.41, 5.74) is 8.49. The molecule has 0 spiro atoms. The van der Waals surface area contributed by atoms with Crippen LogP contribution in [0.5, 0.6) is 0 Å². The van der Waals surface area contributed by atoms with Crippen molar-refractivity contribution in [2.45, 2.75) is 140 Å². The summed E-state index contributed by atoms with van der Waals surface area (Å²) >= 11 is -1.78. The zero-order chi connectivity index (χ0) is 36.9. The van der Waals surface area contributed by atoms with Gasteiger partial charge in [0.05, 0.1) is 17.0 Å². The van der Waals surface area contributed by atoms with Gasteiger partial charge in [-0.05, 0) is 124 Å². The molecule has 0 saturated heterocycles. The third-order valence-electron chi connectivity index (χ3n) is 10.2. The molecule has 3 aliphatic rings. The number of nitrogens with zero attached hydrogens (tertiary/aromatic N) is 3. The summed E-state index contributed by atoms with van der Waals surface area (Å²) in [5.74, 6) is 0. The van der Waals surface area contributed by atoms with E-state index in [4.69, 9.17) is 19.4 Å². The van der Waals surface area contributed by atoms with E-state index >= 15 is 0 Å². The number of hydrogen-bond acceptors (Lipinski definition) is 3. The van der Waals surface area contributed by atoms with Gasteiger partial charge in [-0.1, -0.05) is 79.9 Å². The molecule has 0 amide bonds. The molecule has 2 aromatic carbocycles. The minimum absolute atomic E-state index is 0.0465. The van der Waals surface area contributed by atoms with Crippen LogP contribution in [0.25, 0.3) is 22.3 Å².